The zero-order valence-corrected chi connectivity index (χ0v) is 24.1. The van der Waals surface area contributed by atoms with E-state index in [0.717, 1.165) is 54.6 Å². The number of fused-ring (bicyclic) bond motifs is 1. The van der Waals surface area contributed by atoms with E-state index in [4.69, 9.17) is 19.3 Å². The highest BCUT2D eigenvalue weighted by molar-refractivity contribution is 5.79. The molecule has 0 saturated carbocycles. The molecule has 2 aliphatic rings. The van der Waals surface area contributed by atoms with Gasteiger partial charge >= 0.3 is 5.97 Å². The van der Waals surface area contributed by atoms with E-state index < -0.39 is 11.6 Å². The summed E-state index contributed by atoms with van der Waals surface area (Å²) in [5.41, 5.74) is 6.21. The maximum atomic E-state index is 14.9. The molecule has 3 heterocycles. The van der Waals surface area contributed by atoms with E-state index in [1.807, 2.05) is 11.7 Å². The quantitative estimate of drug-likeness (QED) is 0.384. The van der Waals surface area contributed by atoms with Gasteiger partial charge < -0.3 is 14.2 Å². The average Bonchev–Trinajstić information content (AvgIpc) is 3.49. The fraction of sp³-hybridized carbons (Fsp3) is 0.600. The predicted octanol–water partition coefficient (Wildman–Crippen LogP) is 5.18. The van der Waals surface area contributed by atoms with Gasteiger partial charge in [0.15, 0.2) is 5.69 Å². The van der Waals surface area contributed by atoms with Crippen molar-refractivity contribution in [3.63, 3.8) is 0 Å². The summed E-state index contributed by atoms with van der Waals surface area (Å²) in [5, 5.41) is 9.05. The van der Waals surface area contributed by atoms with Crippen LogP contribution in [-0.4, -0.2) is 62.7 Å². The van der Waals surface area contributed by atoms with Crippen molar-refractivity contribution < 1.29 is 18.4 Å². The van der Waals surface area contributed by atoms with E-state index in [9.17, 15) is 9.18 Å². The highest BCUT2D eigenvalue weighted by Gasteiger charge is 2.43. The number of aryl methyl sites for hydroxylation is 3. The lowest BCUT2D eigenvalue weighted by molar-refractivity contribution is -0.160. The first kappa shape index (κ1) is 27.5. The van der Waals surface area contributed by atoms with E-state index in [1.165, 1.54) is 16.8 Å². The van der Waals surface area contributed by atoms with E-state index in [1.54, 1.807) is 6.92 Å². The Hall–Kier alpha value is -3.07. The van der Waals surface area contributed by atoms with Crippen molar-refractivity contribution in [2.45, 2.75) is 78.8 Å². The molecule has 1 aliphatic carbocycles. The summed E-state index contributed by atoms with van der Waals surface area (Å²) in [7, 11) is 1.99. The molecule has 0 unspecified atom stereocenters. The molecule has 1 aromatic carbocycles. The molecule has 1 fully saturated rings. The van der Waals surface area contributed by atoms with Gasteiger partial charge in [-0.15, -0.1) is 0 Å². The number of rotatable bonds is 7. The Morgan fingerprint density at radius 1 is 1.15 bits per heavy atom. The summed E-state index contributed by atoms with van der Waals surface area (Å²) < 4.78 is 27.5. The van der Waals surface area contributed by atoms with Gasteiger partial charge in [-0.05, 0) is 80.7 Å². The van der Waals surface area contributed by atoms with Gasteiger partial charge in [0.2, 0.25) is 11.5 Å². The van der Waals surface area contributed by atoms with E-state index >= 15 is 0 Å². The SMILES string of the molecule is CCOC(=O)C1(F)CCN(CCc2c(C)cc(-c3noc(-c4nn(C)c5c4CCC(C)(C)C5)n3)cc2C)CC1. The molecule has 2 aromatic heterocycles. The molecule has 210 valence electrons. The second-order valence-electron chi connectivity index (χ2n) is 12.0. The number of carbonyl (C=O) groups excluding carboxylic acids is 1. The lowest BCUT2D eigenvalue weighted by Crippen LogP contribution is -2.47. The van der Waals surface area contributed by atoms with Crippen LogP contribution in [0.4, 0.5) is 4.39 Å². The molecule has 1 aliphatic heterocycles. The van der Waals surface area contributed by atoms with E-state index in [0.29, 0.717) is 24.8 Å². The van der Waals surface area contributed by atoms with Gasteiger partial charge in [-0.2, -0.15) is 10.1 Å². The Bertz CT molecular complexity index is 1340. The van der Waals surface area contributed by atoms with Gasteiger partial charge in [-0.25, -0.2) is 9.18 Å². The Morgan fingerprint density at radius 3 is 2.51 bits per heavy atom. The minimum absolute atomic E-state index is 0.181. The molecule has 0 N–H and O–H groups in total. The molecule has 9 heteroatoms. The molecule has 0 bridgehead atoms. The zero-order valence-electron chi connectivity index (χ0n) is 24.1. The first-order valence-corrected chi connectivity index (χ1v) is 14.1. The number of carbonyl (C=O) groups is 1. The number of halogens is 1. The standard InChI is InChI=1S/C30H40FN5O3/c1-7-38-28(37)30(31)11-14-36(15-12-30)13-9-22-19(2)16-21(17-20(22)3)26-32-27(39-34-26)25-23-8-10-29(4,5)18-24(23)35(6)33-25/h16-17H,7-15,18H2,1-6H3. The Balaban J connectivity index is 1.26. The van der Waals surface area contributed by atoms with Gasteiger partial charge in [0.1, 0.15) is 0 Å². The van der Waals surface area contributed by atoms with Gasteiger partial charge in [-0.1, -0.05) is 19.0 Å². The normalized spacial score (nSPS) is 18.6. The van der Waals surface area contributed by atoms with Gasteiger partial charge in [0.05, 0.1) is 6.61 Å². The molecule has 3 aromatic rings. The van der Waals surface area contributed by atoms with Crippen LogP contribution in [-0.2, 0) is 35.8 Å². The molecule has 5 rings (SSSR count). The second kappa shape index (κ2) is 10.5. The molecule has 1 saturated heterocycles. The van der Waals surface area contributed by atoms with Crippen molar-refractivity contribution >= 4 is 5.97 Å². The molecular formula is C30H40FN5O3. The first-order valence-electron chi connectivity index (χ1n) is 14.1. The predicted molar refractivity (Wildman–Crippen MR) is 147 cm³/mol. The molecule has 39 heavy (non-hydrogen) atoms. The largest absolute Gasteiger partial charge is 0.464 e. The Labute approximate surface area is 229 Å². The molecule has 8 nitrogen and oxygen atoms in total. The van der Waals surface area contributed by atoms with Crippen molar-refractivity contribution in [1.29, 1.82) is 0 Å². The van der Waals surface area contributed by atoms with Crippen LogP contribution in [0.3, 0.4) is 0 Å². The highest BCUT2D eigenvalue weighted by Crippen LogP contribution is 2.39. The highest BCUT2D eigenvalue weighted by atomic mass is 19.1. The second-order valence-corrected chi connectivity index (χ2v) is 12.0. The van der Waals surface area contributed by atoms with Crippen LogP contribution in [0.15, 0.2) is 16.7 Å². The number of aromatic nitrogens is 4. The fourth-order valence-electron chi connectivity index (χ4n) is 6.08. The van der Waals surface area contributed by atoms with Gasteiger partial charge in [0.25, 0.3) is 5.89 Å². The lowest BCUT2D eigenvalue weighted by atomic mass is 9.76. The third-order valence-electron chi connectivity index (χ3n) is 8.52. The Morgan fingerprint density at radius 2 is 1.85 bits per heavy atom. The summed E-state index contributed by atoms with van der Waals surface area (Å²) in [6.45, 7) is 12.6. The Kier molecular flexibility index (Phi) is 7.39. The number of nitrogens with zero attached hydrogens (tertiary/aromatic N) is 5. The van der Waals surface area contributed by atoms with Crippen LogP contribution in [0.1, 0.15) is 68.0 Å². The zero-order chi connectivity index (χ0) is 27.9. The molecular weight excluding hydrogens is 497 g/mol. The smallest absolute Gasteiger partial charge is 0.343 e. The number of benzene rings is 1. The number of piperidine rings is 1. The van der Waals surface area contributed by atoms with Crippen LogP contribution in [0.5, 0.6) is 0 Å². The first-order chi connectivity index (χ1) is 18.5. The van der Waals surface area contributed by atoms with Gasteiger partial charge in [0, 0.05) is 56.3 Å². The number of hydrogen-bond acceptors (Lipinski definition) is 7. The van der Waals surface area contributed by atoms with Gasteiger partial charge in [-0.3, -0.25) is 4.68 Å². The van der Waals surface area contributed by atoms with E-state index in [2.05, 4.69) is 49.9 Å². The van der Waals surface area contributed by atoms with Crippen molar-refractivity contribution in [2.75, 3.05) is 26.2 Å². The number of ether oxygens (including phenoxy) is 1. The number of esters is 1. The third-order valence-corrected chi connectivity index (χ3v) is 8.52. The van der Waals surface area contributed by atoms with Crippen LogP contribution in [0.25, 0.3) is 23.0 Å². The number of alkyl halides is 1. The summed E-state index contributed by atoms with van der Waals surface area (Å²) in [6, 6.07) is 4.22. The molecule has 0 atom stereocenters. The minimum Gasteiger partial charge on any atom is -0.464 e. The number of hydrogen-bond donors (Lipinski definition) is 0. The maximum Gasteiger partial charge on any atom is 0.343 e. The van der Waals surface area contributed by atoms with Crippen molar-refractivity contribution in [3.05, 3.63) is 40.1 Å². The van der Waals surface area contributed by atoms with Crippen molar-refractivity contribution in [3.8, 4) is 23.0 Å². The fourth-order valence-corrected chi connectivity index (χ4v) is 6.08. The molecule has 0 amide bonds. The van der Waals surface area contributed by atoms with Crippen LogP contribution >= 0.6 is 0 Å². The summed E-state index contributed by atoms with van der Waals surface area (Å²) in [5.74, 6) is 0.314. The van der Waals surface area contributed by atoms with Crippen LogP contribution in [0.2, 0.25) is 0 Å². The van der Waals surface area contributed by atoms with Crippen LogP contribution in [0, 0.1) is 19.3 Å². The van der Waals surface area contributed by atoms with Crippen molar-refractivity contribution in [1.82, 2.24) is 24.8 Å². The van der Waals surface area contributed by atoms with Crippen LogP contribution < -0.4 is 0 Å². The minimum atomic E-state index is -1.85. The summed E-state index contributed by atoms with van der Waals surface area (Å²) in [6.07, 6.45) is 4.27. The number of likely N-dealkylation sites (tertiary alicyclic amines) is 1. The molecule has 0 spiro atoms. The maximum absolute atomic E-state index is 14.9. The summed E-state index contributed by atoms with van der Waals surface area (Å²) >= 11 is 0. The topological polar surface area (TPSA) is 86.3 Å². The third kappa shape index (κ3) is 5.51. The lowest BCUT2D eigenvalue weighted by Gasteiger charge is -2.34. The summed E-state index contributed by atoms with van der Waals surface area (Å²) in [4.78, 5) is 18.9. The molecule has 0 radical (unpaired) electrons. The van der Waals surface area contributed by atoms with Crippen molar-refractivity contribution in [2.24, 2.45) is 12.5 Å². The van der Waals surface area contributed by atoms with E-state index in [-0.39, 0.29) is 24.9 Å². The monoisotopic (exact) mass is 537 g/mol. The average molecular weight is 538 g/mol.